The van der Waals surface area contributed by atoms with Crippen molar-refractivity contribution in [3.63, 3.8) is 0 Å². The summed E-state index contributed by atoms with van der Waals surface area (Å²) < 4.78 is 12.0. The Morgan fingerprint density at radius 3 is 2.09 bits per heavy atom. The molecule has 23 heavy (non-hydrogen) atoms. The van der Waals surface area contributed by atoms with Gasteiger partial charge in [0.1, 0.15) is 0 Å². The van der Waals surface area contributed by atoms with E-state index in [9.17, 15) is 9.90 Å². The molecule has 2 rings (SSSR count). The van der Waals surface area contributed by atoms with Gasteiger partial charge in [-0.25, -0.2) is 0 Å². The van der Waals surface area contributed by atoms with E-state index < -0.39 is 13.2 Å². The molecule has 1 heterocycles. The van der Waals surface area contributed by atoms with Crippen LogP contribution < -0.4 is 5.46 Å². The van der Waals surface area contributed by atoms with Crippen molar-refractivity contribution in [2.45, 2.75) is 51.9 Å². The molecule has 0 radical (unpaired) electrons. The summed E-state index contributed by atoms with van der Waals surface area (Å²) in [7, 11) is 1.25. The highest BCUT2D eigenvalue weighted by atomic mass is 16.7. The van der Waals surface area contributed by atoms with Crippen molar-refractivity contribution in [3.05, 3.63) is 29.8 Å². The number of hydrogen-bond donors (Lipinski definition) is 1. The minimum Gasteiger partial charge on any atom is -0.399 e. The van der Waals surface area contributed by atoms with Gasteiger partial charge in [-0.2, -0.15) is 0 Å². The van der Waals surface area contributed by atoms with Crippen LogP contribution in [0.5, 0.6) is 0 Å². The van der Waals surface area contributed by atoms with Crippen molar-refractivity contribution >= 4 is 18.5 Å². The molecule has 1 atom stereocenters. The number of likely N-dealkylation sites (N-methyl/N-ethyl adjacent to an activating group) is 1. The molecule has 0 spiro atoms. The van der Waals surface area contributed by atoms with E-state index in [0.717, 1.165) is 5.46 Å². The summed E-state index contributed by atoms with van der Waals surface area (Å²) >= 11 is 0. The summed E-state index contributed by atoms with van der Waals surface area (Å²) in [5.74, 6) is -0.119. The normalized spacial score (nSPS) is 20.4. The van der Waals surface area contributed by atoms with Crippen LogP contribution in [0.15, 0.2) is 24.3 Å². The molecular weight excluding hydrogens is 293 g/mol. The molecule has 1 aromatic rings. The lowest BCUT2D eigenvalue weighted by Gasteiger charge is -2.32. The monoisotopic (exact) mass is 319 g/mol. The molecule has 1 aromatic carbocycles. The van der Waals surface area contributed by atoms with Crippen molar-refractivity contribution in [2.75, 3.05) is 13.6 Å². The van der Waals surface area contributed by atoms with Gasteiger partial charge in [0.25, 0.3) is 5.91 Å². The van der Waals surface area contributed by atoms with Crippen LogP contribution in [0, 0.1) is 0 Å². The zero-order valence-corrected chi connectivity index (χ0v) is 14.8. The summed E-state index contributed by atoms with van der Waals surface area (Å²) in [4.78, 5) is 13.8. The van der Waals surface area contributed by atoms with Crippen LogP contribution in [-0.2, 0) is 9.31 Å². The Bertz CT molecular complexity index is 552. The highest BCUT2D eigenvalue weighted by Crippen LogP contribution is 2.36. The van der Waals surface area contributed by atoms with Crippen molar-refractivity contribution in [1.82, 2.24) is 4.90 Å². The lowest BCUT2D eigenvalue weighted by Crippen LogP contribution is -2.41. The second-order valence-corrected chi connectivity index (χ2v) is 7.24. The minimum atomic E-state index is -0.548. The smallest absolute Gasteiger partial charge is 0.399 e. The van der Waals surface area contributed by atoms with Gasteiger partial charge in [-0.05, 0) is 52.2 Å². The summed E-state index contributed by atoms with van der Waals surface area (Å²) in [5.41, 5.74) is 0.694. The first-order valence-corrected chi connectivity index (χ1v) is 7.92. The summed E-state index contributed by atoms with van der Waals surface area (Å²) in [6, 6.07) is 7.24. The molecule has 1 saturated heterocycles. The summed E-state index contributed by atoms with van der Waals surface area (Å²) in [6.07, 6.45) is -0.548. The van der Waals surface area contributed by atoms with E-state index >= 15 is 0 Å². The molecule has 5 nitrogen and oxygen atoms in total. The number of nitrogens with zero attached hydrogens (tertiary/aromatic N) is 1. The van der Waals surface area contributed by atoms with Crippen molar-refractivity contribution in [1.29, 1.82) is 0 Å². The lowest BCUT2D eigenvalue weighted by atomic mass is 9.79. The number of hydrogen-bond acceptors (Lipinski definition) is 4. The quantitative estimate of drug-likeness (QED) is 0.853. The molecular formula is C17H26BNO4. The van der Waals surface area contributed by atoms with Gasteiger partial charge in [0, 0.05) is 19.2 Å². The highest BCUT2D eigenvalue weighted by molar-refractivity contribution is 6.62. The Hall–Kier alpha value is -1.37. The summed E-state index contributed by atoms with van der Waals surface area (Å²) in [5, 5.41) is 9.38. The number of amides is 1. The fourth-order valence-electron chi connectivity index (χ4n) is 2.46. The van der Waals surface area contributed by atoms with Crippen molar-refractivity contribution in [3.8, 4) is 0 Å². The van der Waals surface area contributed by atoms with Crippen LogP contribution in [0.4, 0.5) is 0 Å². The lowest BCUT2D eigenvalue weighted by molar-refractivity contribution is 0.00578. The van der Waals surface area contributed by atoms with E-state index in [2.05, 4.69) is 0 Å². The number of benzene rings is 1. The van der Waals surface area contributed by atoms with Crippen molar-refractivity contribution < 1.29 is 19.2 Å². The Morgan fingerprint density at radius 1 is 1.17 bits per heavy atom. The molecule has 1 N–H and O–H groups in total. The van der Waals surface area contributed by atoms with E-state index in [0.29, 0.717) is 12.1 Å². The fourth-order valence-corrected chi connectivity index (χ4v) is 2.46. The van der Waals surface area contributed by atoms with Crippen LogP contribution in [0.1, 0.15) is 45.0 Å². The molecule has 126 valence electrons. The summed E-state index contributed by atoms with van der Waals surface area (Å²) in [6.45, 7) is 10.0. The molecule has 1 unspecified atom stereocenters. The largest absolute Gasteiger partial charge is 0.494 e. The van der Waals surface area contributed by atoms with Gasteiger partial charge < -0.3 is 19.3 Å². The van der Waals surface area contributed by atoms with E-state index in [1.807, 2.05) is 39.8 Å². The van der Waals surface area contributed by atoms with Crippen molar-refractivity contribution in [2.24, 2.45) is 0 Å². The molecule has 1 amide bonds. The highest BCUT2D eigenvalue weighted by Gasteiger charge is 2.51. The van der Waals surface area contributed by atoms with Crippen LogP contribution in [0.25, 0.3) is 0 Å². The zero-order valence-electron chi connectivity index (χ0n) is 14.8. The third-order valence-electron chi connectivity index (χ3n) is 4.57. The molecule has 0 bridgehead atoms. The predicted octanol–water partition coefficient (Wildman–Crippen LogP) is 1.44. The van der Waals surface area contributed by atoms with Crippen LogP contribution in [0.3, 0.4) is 0 Å². The first-order valence-electron chi connectivity index (χ1n) is 7.92. The Morgan fingerprint density at radius 2 is 1.65 bits per heavy atom. The maximum absolute atomic E-state index is 12.3. The Kier molecular flexibility index (Phi) is 4.90. The number of rotatable bonds is 4. The van der Waals surface area contributed by atoms with Crippen LogP contribution >= 0.6 is 0 Å². The van der Waals surface area contributed by atoms with Gasteiger partial charge in [-0.3, -0.25) is 4.79 Å². The molecule has 0 aromatic heterocycles. The average Bonchev–Trinajstić information content (AvgIpc) is 2.66. The molecule has 1 aliphatic rings. The number of carbonyl (C=O) groups excluding carboxylic acids is 1. The van der Waals surface area contributed by atoms with Gasteiger partial charge in [-0.1, -0.05) is 12.1 Å². The number of carbonyl (C=O) groups is 1. The van der Waals surface area contributed by atoms with E-state index in [4.69, 9.17) is 9.31 Å². The van der Waals surface area contributed by atoms with Gasteiger partial charge in [0.15, 0.2) is 0 Å². The second kappa shape index (κ2) is 6.26. The number of aliphatic hydroxyl groups is 1. The van der Waals surface area contributed by atoms with E-state index in [1.165, 1.54) is 4.90 Å². The predicted molar refractivity (Wildman–Crippen MR) is 90.8 cm³/mol. The molecule has 1 aliphatic heterocycles. The molecule has 0 aliphatic carbocycles. The maximum atomic E-state index is 12.3. The standard InChI is InChI=1S/C17H26BNO4/c1-12(20)11-19(6)15(21)13-7-9-14(10-8-13)18-22-16(2,3)17(4,5)23-18/h7-10,12,20H,11H2,1-6H3. The third-order valence-corrected chi connectivity index (χ3v) is 4.57. The zero-order chi connectivity index (χ0) is 17.4. The van der Waals surface area contributed by atoms with Gasteiger partial charge in [-0.15, -0.1) is 0 Å². The minimum absolute atomic E-state index is 0.119. The topological polar surface area (TPSA) is 59.0 Å². The average molecular weight is 319 g/mol. The number of aliphatic hydroxyl groups excluding tert-OH is 1. The van der Waals surface area contributed by atoms with Gasteiger partial charge in [0.2, 0.25) is 0 Å². The molecule has 0 saturated carbocycles. The molecule has 6 heteroatoms. The third kappa shape index (κ3) is 3.76. The van der Waals surface area contributed by atoms with E-state index in [1.54, 1.807) is 26.1 Å². The first kappa shape index (κ1) is 18.0. The maximum Gasteiger partial charge on any atom is 0.494 e. The van der Waals surface area contributed by atoms with Gasteiger partial charge in [0.05, 0.1) is 17.3 Å². The van der Waals surface area contributed by atoms with Crippen LogP contribution in [0.2, 0.25) is 0 Å². The van der Waals surface area contributed by atoms with Gasteiger partial charge >= 0.3 is 7.12 Å². The van der Waals surface area contributed by atoms with E-state index in [-0.39, 0.29) is 17.1 Å². The fraction of sp³-hybridized carbons (Fsp3) is 0.588. The SMILES string of the molecule is CC(O)CN(C)C(=O)c1ccc(B2OC(C)(C)C(C)(C)O2)cc1. The Balaban J connectivity index is 2.10. The van der Waals surface area contributed by atoms with Crippen LogP contribution in [-0.4, -0.2) is 53.9 Å². The first-order chi connectivity index (χ1) is 10.5. The Labute approximate surface area is 138 Å². The second-order valence-electron chi connectivity index (χ2n) is 7.24. The molecule has 1 fully saturated rings.